The number of benzene rings is 2. The van der Waals surface area contributed by atoms with Crippen molar-refractivity contribution in [1.82, 2.24) is 0 Å². The van der Waals surface area contributed by atoms with Gasteiger partial charge in [-0.05, 0) is 48.4 Å². The topological polar surface area (TPSA) is 71.7 Å². The summed E-state index contributed by atoms with van der Waals surface area (Å²) < 4.78 is 11.2. The first-order valence-electron chi connectivity index (χ1n) is 8.05. The molecule has 0 aliphatic carbocycles. The number of nitrogens with one attached hydrogen (secondary N) is 1. The molecule has 0 atom stereocenters. The zero-order chi connectivity index (χ0) is 17.6. The number of aromatic hydroxyl groups is 1. The Morgan fingerprint density at radius 2 is 1.92 bits per heavy atom. The molecule has 3 aromatic rings. The minimum atomic E-state index is -0.385. The van der Waals surface area contributed by atoms with E-state index in [1.807, 2.05) is 24.3 Å². The maximum atomic E-state index is 12.2. The van der Waals surface area contributed by atoms with Crippen LogP contribution in [0, 0.1) is 0 Å². The third-order valence-electron chi connectivity index (χ3n) is 3.70. The maximum Gasteiger partial charge on any atom is 0.291 e. The highest BCUT2D eigenvalue weighted by molar-refractivity contribution is 6.02. The average molecular weight is 337 g/mol. The molecule has 1 heterocycles. The van der Waals surface area contributed by atoms with E-state index in [-0.39, 0.29) is 24.0 Å². The SMILES string of the molecule is CCc1ccc(OCc2ccc(C(=O)Nc3cccc(O)c3)o2)cc1. The summed E-state index contributed by atoms with van der Waals surface area (Å²) in [5.74, 6) is 1.19. The number of phenols is 1. The van der Waals surface area contributed by atoms with E-state index in [0.29, 0.717) is 11.4 Å². The van der Waals surface area contributed by atoms with E-state index in [4.69, 9.17) is 9.15 Å². The number of aryl methyl sites for hydroxylation is 1. The van der Waals surface area contributed by atoms with Crippen molar-refractivity contribution < 1.29 is 19.1 Å². The second kappa shape index (κ2) is 7.57. The lowest BCUT2D eigenvalue weighted by molar-refractivity contribution is 0.0992. The monoisotopic (exact) mass is 337 g/mol. The molecule has 5 nitrogen and oxygen atoms in total. The Balaban J connectivity index is 1.58. The number of hydrogen-bond donors (Lipinski definition) is 2. The van der Waals surface area contributed by atoms with Gasteiger partial charge in [-0.25, -0.2) is 0 Å². The minimum absolute atomic E-state index is 0.0837. The van der Waals surface area contributed by atoms with E-state index in [1.54, 1.807) is 24.3 Å². The number of anilines is 1. The molecule has 1 aromatic heterocycles. The first-order valence-corrected chi connectivity index (χ1v) is 8.05. The molecule has 0 bridgehead atoms. The van der Waals surface area contributed by atoms with Gasteiger partial charge < -0.3 is 19.6 Å². The normalized spacial score (nSPS) is 10.4. The van der Waals surface area contributed by atoms with Gasteiger partial charge in [0.15, 0.2) is 5.76 Å². The Hall–Kier alpha value is -3.21. The summed E-state index contributed by atoms with van der Waals surface area (Å²) in [7, 11) is 0. The van der Waals surface area contributed by atoms with Crippen molar-refractivity contribution in [2.75, 3.05) is 5.32 Å². The van der Waals surface area contributed by atoms with Crippen LogP contribution in [-0.2, 0) is 13.0 Å². The zero-order valence-electron chi connectivity index (χ0n) is 13.9. The molecule has 128 valence electrons. The van der Waals surface area contributed by atoms with Crippen LogP contribution in [0.3, 0.4) is 0 Å². The summed E-state index contributed by atoms with van der Waals surface area (Å²) in [5, 5.41) is 12.1. The first-order chi connectivity index (χ1) is 12.1. The second-order valence-corrected chi connectivity index (χ2v) is 5.56. The van der Waals surface area contributed by atoms with Gasteiger partial charge in [0.1, 0.15) is 23.9 Å². The largest absolute Gasteiger partial charge is 0.508 e. The third-order valence-corrected chi connectivity index (χ3v) is 3.70. The molecule has 0 saturated heterocycles. The van der Waals surface area contributed by atoms with Crippen LogP contribution >= 0.6 is 0 Å². The van der Waals surface area contributed by atoms with Crippen LogP contribution in [0.2, 0.25) is 0 Å². The Labute approximate surface area is 145 Å². The van der Waals surface area contributed by atoms with Crippen molar-refractivity contribution in [2.45, 2.75) is 20.0 Å². The number of carbonyl (C=O) groups excluding carboxylic acids is 1. The lowest BCUT2D eigenvalue weighted by atomic mass is 10.2. The number of amides is 1. The Bertz CT molecular complexity index is 852. The zero-order valence-corrected chi connectivity index (χ0v) is 13.9. The average Bonchev–Trinajstić information content (AvgIpc) is 3.09. The standard InChI is InChI=1S/C20H19NO4/c1-2-14-6-8-17(9-7-14)24-13-18-10-11-19(25-18)20(23)21-15-4-3-5-16(22)12-15/h3-12,22H,2,13H2,1H3,(H,21,23). The second-order valence-electron chi connectivity index (χ2n) is 5.56. The molecule has 0 aliphatic heterocycles. The lowest BCUT2D eigenvalue weighted by Crippen LogP contribution is -2.10. The van der Waals surface area contributed by atoms with Crippen molar-refractivity contribution in [1.29, 1.82) is 0 Å². The Kier molecular flexibility index (Phi) is 5.04. The fraction of sp³-hybridized carbons (Fsp3) is 0.150. The van der Waals surface area contributed by atoms with E-state index in [2.05, 4.69) is 12.2 Å². The van der Waals surface area contributed by atoms with Gasteiger partial charge in [-0.2, -0.15) is 0 Å². The van der Waals surface area contributed by atoms with Crippen LogP contribution in [0.4, 0.5) is 5.69 Å². The molecular weight excluding hydrogens is 318 g/mol. The Morgan fingerprint density at radius 3 is 2.64 bits per heavy atom. The summed E-state index contributed by atoms with van der Waals surface area (Å²) in [6.07, 6.45) is 0.982. The van der Waals surface area contributed by atoms with E-state index in [9.17, 15) is 9.90 Å². The number of ether oxygens (including phenoxy) is 1. The molecule has 0 aliphatic rings. The van der Waals surface area contributed by atoms with Gasteiger partial charge in [-0.1, -0.05) is 25.1 Å². The quantitative estimate of drug-likeness (QED) is 0.700. The van der Waals surface area contributed by atoms with Gasteiger partial charge in [-0.3, -0.25) is 4.79 Å². The van der Waals surface area contributed by atoms with Crippen molar-refractivity contribution >= 4 is 11.6 Å². The van der Waals surface area contributed by atoms with Crippen LogP contribution in [0.5, 0.6) is 11.5 Å². The van der Waals surface area contributed by atoms with Gasteiger partial charge in [-0.15, -0.1) is 0 Å². The third kappa shape index (κ3) is 4.41. The molecule has 1 amide bonds. The highest BCUT2D eigenvalue weighted by atomic mass is 16.5. The van der Waals surface area contributed by atoms with Gasteiger partial charge in [0.2, 0.25) is 0 Å². The number of carbonyl (C=O) groups is 1. The van der Waals surface area contributed by atoms with E-state index >= 15 is 0 Å². The van der Waals surface area contributed by atoms with Crippen molar-refractivity contribution in [2.24, 2.45) is 0 Å². The summed E-state index contributed by atoms with van der Waals surface area (Å²) in [6.45, 7) is 2.34. The summed E-state index contributed by atoms with van der Waals surface area (Å²) >= 11 is 0. The molecule has 5 heteroatoms. The summed E-state index contributed by atoms with van der Waals surface area (Å²) in [4.78, 5) is 12.2. The van der Waals surface area contributed by atoms with Gasteiger partial charge in [0.25, 0.3) is 5.91 Å². The number of furan rings is 1. The van der Waals surface area contributed by atoms with Crippen LogP contribution in [-0.4, -0.2) is 11.0 Å². The molecule has 0 spiro atoms. The van der Waals surface area contributed by atoms with Crippen LogP contribution in [0.1, 0.15) is 28.8 Å². The predicted molar refractivity (Wildman–Crippen MR) is 94.9 cm³/mol. The molecule has 3 rings (SSSR count). The van der Waals surface area contributed by atoms with Crippen molar-refractivity contribution in [3.63, 3.8) is 0 Å². The molecule has 2 N–H and O–H groups in total. The Morgan fingerprint density at radius 1 is 1.12 bits per heavy atom. The molecule has 0 saturated carbocycles. The number of rotatable bonds is 6. The number of phenolic OH excluding ortho intramolecular Hbond substituents is 1. The molecule has 25 heavy (non-hydrogen) atoms. The van der Waals surface area contributed by atoms with Gasteiger partial charge in [0, 0.05) is 11.8 Å². The van der Waals surface area contributed by atoms with Gasteiger partial charge in [0.05, 0.1) is 0 Å². The minimum Gasteiger partial charge on any atom is -0.508 e. The molecule has 0 unspecified atom stereocenters. The van der Waals surface area contributed by atoms with Crippen LogP contribution < -0.4 is 10.1 Å². The van der Waals surface area contributed by atoms with Gasteiger partial charge >= 0.3 is 0 Å². The smallest absolute Gasteiger partial charge is 0.291 e. The van der Waals surface area contributed by atoms with Crippen molar-refractivity contribution in [3.8, 4) is 11.5 Å². The highest BCUT2D eigenvalue weighted by Crippen LogP contribution is 2.18. The summed E-state index contributed by atoms with van der Waals surface area (Å²) in [5.41, 5.74) is 1.74. The molecule has 2 aromatic carbocycles. The van der Waals surface area contributed by atoms with Crippen LogP contribution in [0.15, 0.2) is 65.1 Å². The first kappa shape index (κ1) is 16.6. The number of hydrogen-bond acceptors (Lipinski definition) is 4. The predicted octanol–water partition coefficient (Wildman–Crippen LogP) is 4.38. The lowest BCUT2D eigenvalue weighted by Gasteiger charge is -2.05. The summed E-state index contributed by atoms with van der Waals surface area (Å²) in [6, 6.07) is 17.5. The van der Waals surface area contributed by atoms with E-state index in [0.717, 1.165) is 12.2 Å². The van der Waals surface area contributed by atoms with E-state index < -0.39 is 0 Å². The molecule has 0 radical (unpaired) electrons. The fourth-order valence-corrected chi connectivity index (χ4v) is 2.33. The fourth-order valence-electron chi connectivity index (χ4n) is 2.33. The molecular formula is C20H19NO4. The molecule has 0 fully saturated rings. The van der Waals surface area contributed by atoms with Crippen molar-refractivity contribution in [3.05, 3.63) is 77.7 Å². The van der Waals surface area contributed by atoms with Crippen LogP contribution in [0.25, 0.3) is 0 Å². The maximum absolute atomic E-state index is 12.2. The van der Waals surface area contributed by atoms with E-state index in [1.165, 1.54) is 17.7 Å². The highest BCUT2D eigenvalue weighted by Gasteiger charge is 2.12.